The van der Waals surface area contributed by atoms with Gasteiger partial charge in [-0.1, -0.05) is 23.7 Å². The first-order chi connectivity index (χ1) is 11.7. The lowest BCUT2D eigenvalue weighted by molar-refractivity contribution is -0.297. The zero-order valence-corrected chi connectivity index (χ0v) is 13.3. The first-order valence-corrected chi connectivity index (χ1v) is 7.47. The number of alkyl halides is 3. The van der Waals surface area contributed by atoms with Crippen molar-refractivity contribution in [1.29, 1.82) is 0 Å². The monoisotopic (exact) mass is 369 g/mol. The van der Waals surface area contributed by atoms with E-state index in [1.54, 1.807) is 0 Å². The highest BCUT2D eigenvalue weighted by molar-refractivity contribution is 6.30. The lowest BCUT2D eigenvalue weighted by Crippen LogP contribution is -2.56. The number of rotatable bonds is 2. The standard InChI is InChI=1S/C16H11ClF3N3O2/c17-12-3-1-10(2-4-12)13-9-15(25,16(18,19)20)23(22-13)14(24)11-5-7-21-8-6-11/h1-8,25H,9H2/t15-/m1/s1. The second-order valence-electron chi connectivity index (χ2n) is 5.40. The molecule has 0 saturated heterocycles. The van der Waals surface area contributed by atoms with Crippen molar-refractivity contribution in [3.05, 3.63) is 64.9 Å². The molecule has 2 aromatic rings. The molecule has 130 valence electrons. The number of hydrogen-bond donors (Lipinski definition) is 1. The molecule has 0 aliphatic carbocycles. The average Bonchev–Trinajstić information content (AvgIpc) is 2.94. The highest BCUT2D eigenvalue weighted by Gasteiger charge is 2.63. The molecule has 5 nitrogen and oxygen atoms in total. The Labute approximate surface area is 145 Å². The van der Waals surface area contributed by atoms with Crippen molar-refractivity contribution < 1.29 is 23.1 Å². The highest BCUT2D eigenvalue weighted by Crippen LogP contribution is 2.42. The summed E-state index contributed by atoms with van der Waals surface area (Å²) < 4.78 is 40.4. The minimum atomic E-state index is -5.09. The summed E-state index contributed by atoms with van der Waals surface area (Å²) in [5.74, 6) is -1.08. The van der Waals surface area contributed by atoms with Crippen LogP contribution in [0.5, 0.6) is 0 Å². The van der Waals surface area contributed by atoms with Gasteiger partial charge in [-0.05, 0) is 29.8 Å². The molecular formula is C16H11ClF3N3O2. The number of halogens is 4. The number of carbonyl (C=O) groups is 1. The van der Waals surface area contributed by atoms with E-state index in [0.717, 1.165) is 0 Å². The van der Waals surface area contributed by atoms with Gasteiger partial charge < -0.3 is 5.11 Å². The van der Waals surface area contributed by atoms with E-state index in [0.29, 0.717) is 10.6 Å². The van der Waals surface area contributed by atoms with Crippen molar-refractivity contribution in [2.45, 2.75) is 18.3 Å². The predicted molar refractivity (Wildman–Crippen MR) is 84.0 cm³/mol. The number of amides is 1. The quantitative estimate of drug-likeness (QED) is 0.883. The minimum Gasteiger partial charge on any atom is -0.362 e. The normalized spacial score (nSPS) is 20.5. The van der Waals surface area contributed by atoms with Gasteiger partial charge in [-0.25, -0.2) is 0 Å². The van der Waals surface area contributed by atoms with Gasteiger partial charge in [0.15, 0.2) is 0 Å². The van der Waals surface area contributed by atoms with E-state index >= 15 is 0 Å². The molecule has 1 aliphatic heterocycles. The summed E-state index contributed by atoms with van der Waals surface area (Å²) in [5, 5.41) is 14.5. The van der Waals surface area contributed by atoms with Gasteiger partial charge in [-0.2, -0.15) is 23.3 Å². The Morgan fingerprint density at radius 1 is 1.16 bits per heavy atom. The molecule has 9 heteroatoms. The Kier molecular flexibility index (Phi) is 4.26. The molecule has 1 aromatic heterocycles. The number of pyridine rings is 1. The van der Waals surface area contributed by atoms with Crippen LogP contribution >= 0.6 is 11.6 Å². The Bertz CT molecular complexity index is 825. The maximum absolute atomic E-state index is 13.5. The van der Waals surface area contributed by atoms with Gasteiger partial charge in [0.25, 0.3) is 11.6 Å². The Morgan fingerprint density at radius 2 is 1.76 bits per heavy atom. The molecule has 0 radical (unpaired) electrons. The number of hydrazone groups is 1. The summed E-state index contributed by atoms with van der Waals surface area (Å²) in [6, 6.07) is 8.40. The third kappa shape index (κ3) is 3.10. The van der Waals surface area contributed by atoms with E-state index in [2.05, 4.69) is 10.1 Å². The molecule has 1 aliphatic rings. The van der Waals surface area contributed by atoms with Crippen LogP contribution in [-0.2, 0) is 0 Å². The number of nitrogens with zero attached hydrogens (tertiary/aromatic N) is 3. The van der Waals surface area contributed by atoms with Crippen molar-refractivity contribution in [3.63, 3.8) is 0 Å². The van der Waals surface area contributed by atoms with Gasteiger partial charge in [-0.15, -0.1) is 0 Å². The highest BCUT2D eigenvalue weighted by atomic mass is 35.5. The summed E-state index contributed by atoms with van der Waals surface area (Å²) in [4.78, 5) is 16.2. The summed E-state index contributed by atoms with van der Waals surface area (Å²) in [6.45, 7) is 0. The van der Waals surface area contributed by atoms with Crippen LogP contribution in [0.25, 0.3) is 0 Å². The largest absolute Gasteiger partial charge is 0.438 e. The molecular weight excluding hydrogens is 359 g/mol. The van der Waals surface area contributed by atoms with Gasteiger partial charge in [0, 0.05) is 23.0 Å². The summed E-state index contributed by atoms with van der Waals surface area (Å²) in [5.41, 5.74) is -3.24. The molecule has 1 N–H and O–H groups in total. The van der Waals surface area contributed by atoms with Crippen LogP contribution in [0.3, 0.4) is 0 Å². The first kappa shape index (κ1) is 17.4. The SMILES string of the molecule is O=C(c1ccncc1)N1N=C(c2ccc(Cl)cc2)C[C@@]1(O)C(F)(F)F. The Balaban J connectivity index is 2.04. The molecule has 1 aromatic carbocycles. The molecule has 1 atom stereocenters. The predicted octanol–water partition coefficient (Wildman–Crippen LogP) is 3.24. The van der Waals surface area contributed by atoms with Crippen LogP contribution < -0.4 is 0 Å². The Hall–Kier alpha value is -2.45. The van der Waals surface area contributed by atoms with Crippen LogP contribution in [0, 0.1) is 0 Å². The number of hydrogen-bond acceptors (Lipinski definition) is 4. The third-order valence-electron chi connectivity index (χ3n) is 3.74. The molecule has 25 heavy (non-hydrogen) atoms. The van der Waals surface area contributed by atoms with E-state index in [9.17, 15) is 23.1 Å². The molecule has 0 bridgehead atoms. The van der Waals surface area contributed by atoms with Gasteiger partial charge in [0.2, 0.25) is 0 Å². The van der Waals surface area contributed by atoms with Gasteiger partial charge in [-0.3, -0.25) is 9.78 Å². The van der Waals surface area contributed by atoms with E-state index in [-0.39, 0.29) is 16.3 Å². The van der Waals surface area contributed by atoms with Crippen LogP contribution in [0.1, 0.15) is 22.3 Å². The minimum absolute atomic E-state index is 0.0705. The number of aliphatic hydroxyl groups is 1. The summed E-state index contributed by atoms with van der Waals surface area (Å²) >= 11 is 5.77. The second-order valence-corrected chi connectivity index (χ2v) is 5.83. The average molecular weight is 370 g/mol. The van der Waals surface area contributed by atoms with Crippen molar-refractivity contribution in [3.8, 4) is 0 Å². The number of benzene rings is 1. The number of carbonyl (C=O) groups excluding carboxylic acids is 1. The maximum atomic E-state index is 13.5. The molecule has 1 amide bonds. The number of aromatic nitrogens is 1. The van der Waals surface area contributed by atoms with Crippen LogP contribution in [0.4, 0.5) is 13.2 Å². The van der Waals surface area contributed by atoms with Gasteiger partial charge in [0.1, 0.15) is 0 Å². The third-order valence-corrected chi connectivity index (χ3v) is 3.99. The van der Waals surface area contributed by atoms with Crippen LogP contribution in [0.2, 0.25) is 5.02 Å². The lowest BCUT2D eigenvalue weighted by Gasteiger charge is -2.32. The van der Waals surface area contributed by atoms with Crippen LogP contribution in [0.15, 0.2) is 53.9 Å². The maximum Gasteiger partial charge on any atom is 0.438 e. The van der Waals surface area contributed by atoms with E-state index in [1.807, 2.05) is 0 Å². The molecule has 0 spiro atoms. The smallest absolute Gasteiger partial charge is 0.362 e. The van der Waals surface area contributed by atoms with Gasteiger partial charge >= 0.3 is 6.18 Å². The molecule has 0 unspecified atom stereocenters. The fraction of sp³-hybridized carbons (Fsp3) is 0.188. The molecule has 0 saturated carbocycles. The van der Waals surface area contributed by atoms with Crippen molar-refractivity contribution in [2.75, 3.05) is 0 Å². The van der Waals surface area contributed by atoms with Gasteiger partial charge in [0.05, 0.1) is 12.1 Å². The second kappa shape index (κ2) is 6.12. The fourth-order valence-corrected chi connectivity index (χ4v) is 2.53. The van der Waals surface area contributed by atoms with E-state index in [4.69, 9.17) is 11.6 Å². The van der Waals surface area contributed by atoms with Crippen LogP contribution in [-0.4, -0.2) is 38.6 Å². The van der Waals surface area contributed by atoms with E-state index < -0.39 is 24.2 Å². The lowest BCUT2D eigenvalue weighted by atomic mass is 10.0. The van der Waals surface area contributed by atoms with Crippen molar-refractivity contribution >= 4 is 23.2 Å². The summed E-state index contributed by atoms with van der Waals surface area (Å²) in [6.07, 6.45) is -3.44. The Morgan fingerprint density at radius 3 is 2.32 bits per heavy atom. The zero-order chi connectivity index (χ0) is 18.2. The first-order valence-electron chi connectivity index (χ1n) is 7.09. The fourth-order valence-electron chi connectivity index (χ4n) is 2.40. The molecule has 2 heterocycles. The molecule has 0 fully saturated rings. The van der Waals surface area contributed by atoms with Crippen molar-refractivity contribution in [2.24, 2.45) is 5.10 Å². The van der Waals surface area contributed by atoms with Crippen molar-refractivity contribution in [1.82, 2.24) is 9.99 Å². The molecule has 3 rings (SSSR count). The van der Waals surface area contributed by atoms with E-state index in [1.165, 1.54) is 48.8 Å². The topological polar surface area (TPSA) is 65.8 Å². The zero-order valence-electron chi connectivity index (χ0n) is 12.5. The summed E-state index contributed by atoms with van der Waals surface area (Å²) in [7, 11) is 0.